The lowest BCUT2D eigenvalue weighted by Gasteiger charge is -2.18. The summed E-state index contributed by atoms with van der Waals surface area (Å²) in [6, 6.07) is 0. The first-order valence-electron chi connectivity index (χ1n) is 11.8. The predicted molar refractivity (Wildman–Crippen MR) is 121 cm³/mol. The maximum atomic E-state index is 12.1. The smallest absolute Gasteiger partial charge is 0.302 e. The SMILES string of the molecule is CCCCC(CC)COP(=O)(O)OCCC(C)CCCC(C)CCCC(C)C. The van der Waals surface area contributed by atoms with E-state index in [4.69, 9.17) is 9.05 Å². The second-order valence-corrected chi connectivity index (χ2v) is 10.7. The molecule has 0 aromatic rings. The van der Waals surface area contributed by atoms with Gasteiger partial charge in [-0.3, -0.25) is 9.05 Å². The van der Waals surface area contributed by atoms with Gasteiger partial charge in [0, 0.05) is 0 Å². The van der Waals surface area contributed by atoms with Gasteiger partial charge in [0.25, 0.3) is 0 Å². The predicted octanol–water partition coefficient (Wildman–Crippen LogP) is 8.00. The third kappa shape index (κ3) is 17.0. The largest absolute Gasteiger partial charge is 0.472 e. The van der Waals surface area contributed by atoms with Gasteiger partial charge < -0.3 is 4.89 Å². The van der Waals surface area contributed by atoms with E-state index in [2.05, 4.69) is 41.5 Å². The summed E-state index contributed by atoms with van der Waals surface area (Å²) in [5.41, 5.74) is 0. The molecule has 0 spiro atoms. The van der Waals surface area contributed by atoms with E-state index in [0.29, 0.717) is 25.0 Å². The number of hydrogen-bond donors (Lipinski definition) is 1. The Morgan fingerprint density at radius 2 is 1.36 bits per heavy atom. The van der Waals surface area contributed by atoms with Gasteiger partial charge in [0.1, 0.15) is 0 Å². The number of phosphoric acid groups is 1. The zero-order valence-corrected chi connectivity index (χ0v) is 20.5. The highest BCUT2D eigenvalue weighted by Crippen LogP contribution is 2.44. The lowest BCUT2D eigenvalue weighted by atomic mass is 9.93. The highest BCUT2D eigenvalue weighted by Gasteiger charge is 2.23. The second-order valence-electron chi connectivity index (χ2n) is 9.27. The molecule has 0 aliphatic carbocycles. The van der Waals surface area contributed by atoms with E-state index in [9.17, 15) is 9.46 Å². The summed E-state index contributed by atoms with van der Waals surface area (Å²) in [4.78, 5) is 9.88. The van der Waals surface area contributed by atoms with E-state index in [-0.39, 0.29) is 0 Å². The van der Waals surface area contributed by atoms with Crippen molar-refractivity contribution in [1.29, 1.82) is 0 Å². The zero-order valence-electron chi connectivity index (χ0n) is 19.6. The van der Waals surface area contributed by atoms with Crippen LogP contribution in [0.2, 0.25) is 0 Å². The molecule has 4 nitrogen and oxygen atoms in total. The van der Waals surface area contributed by atoms with Gasteiger partial charge in [-0.25, -0.2) is 4.57 Å². The summed E-state index contributed by atoms with van der Waals surface area (Å²) in [5, 5.41) is 0. The highest BCUT2D eigenvalue weighted by molar-refractivity contribution is 7.47. The molecule has 1 N–H and O–H groups in total. The molecule has 0 aromatic carbocycles. The van der Waals surface area contributed by atoms with Crippen molar-refractivity contribution in [1.82, 2.24) is 0 Å². The Balaban J connectivity index is 3.84. The summed E-state index contributed by atoms with van der Waals surface area (Å²) in [5.74, 6) is 2.46. The van der Waals surface area contributed by atoms with Crippen LogP contribution in [0.25, 0.3) is 0 Å². The Morgan fingerprint density at radius 3 is 1.89 bits per heavy atom. The van der Waals surface area contributed by atoms with Gasteiger partial charge in [0.15, 0.2) is 0 Å². The molecule has 0 heterocycles. The summed E-state index contributed by atoms with van der Waals surface area (Å²) >= 11 is 0. The van der Waals surface area contributed by atoms with E-state index in [0.717, 1.165) is 50.4 Å². The van der Waals surface area contributed by atoms with E-state index < -0.39 is 7.82 Å². The van der Waals surface area contributed by atoms with Crippen molar-refractivity contribution in [3.05, 3.63) is 0 Å². The molecule has 0 aromatic heterocycles. The van der Waals surface area contributed by atoms with Crippen molar-refractivity contribution >= 4 is 7.82 Å². The minimum absolute atomic E-state index is 0.296. The fraction of sp³-hybridized carbons (Fsp3) is 1.00. The number of unbranched alkanes of at least 4 members (excludes halogenated alkanes) is 1. The molecule has 0 fully saturated rings. The van der Waals surface area contributed by atoms with Crippen molar-refractivity contribution < 1.29 is 18.5 Å². The Labute approximate surface area is 175 Å². The van der Waals surface area contributed by atoms with Gasteiger partial charge in [-0.1, -0.05) is 99.3 Å². The van der Waals surface area contributed by atoms with Crippen LogP contribution in [0.3, 0.4) is 0 Å². The van der Waals surface area contributed by atoms with Crippen LogP contribution in [-0.4, -0.2) is 18.1 Å². The van der Waals surface area contributed by atoms with Crippen molar-refractivity contribution in [2.45, 2.75) is 112 Å². The van der Waals surface area contributed by atoms with Crippen LogP contribution in [0.4, 0.5) is 0 Å². The van der Waals surface area contributed by atoms with Gasteiger partial charge in [-0.15, -0.1) is 0 Å². The fourth-order valence-corrected chi connectivity index (χ4v) is 4.29. The van der Waals surface area contributed by atoms with Crippen molar-refractivity contribution in [2.24, 2.45) is 23.7 Å². The zero-order chi connectivity index (χ0) is 21.4. The molecule has 4 unspecified atom stereocenters. The minimum atomic E-state index is -3.91. The van der Waals surface area contributed by atoms with Gasteiger partial charge in [-0.2, -0.15) is 0 Å². The summed E-state index contributed by atoms with van der Waals surface area (Å²) < 4.78 is 22.5. The van der Waals surface area contributed by atoms with Crippen molar-refractivity contribution in [2.75, 3.05) is 13.2 Å². The number of phosphoric ester groups is 1. The maximum Gasteiger partial charge on any atom is 0.472 e. The fourth-order valence-electron chi connectivity index (χ4n) is 3.48. The number of hydrogen-bond acceptors (Lipinski definition) is 3. The van der Waals surface area contributed by atoms with Gasteiger partial charge in [-0.05, 0) is 36.5 Å². The van der Waals surface area contributed by atoms with Crippen molar-refractivity contribution in [3.8, 4) is 0 Å². The Kier molecular flexibility index (Phi) is 16.9. The molecule has 28 heavy (non-hydrogen) atoms. The van der Waals surface area contributed by atoms with Crippen LogP contribution in [0.1, 0.15) is 112 Å². The lowest BCUT2D eigenvalue weighted by molar-refractivity contribution is 0.122. The first-order valence-corrected chi connectivity index (χ1v) is 13.3. The number of rotatable bonds is 19. The molecule has 0 radical (unpaired) electrons. The average molecular weight is 421 g/mol. The van der Waals surface area contributed by atoms with E-state index >= 15 is 0 Å². The summed E-state index contributed by atoms with van der Waals surface area (Å²) in [6.07, 6.45) is 12.7. The molecule has 0 rings (SSSR count). The van der Waals surface area contributed by atoms with Crippen LogP contribution in [0.5, 0.6) is 0 Å². The molecule has 4 atom stereocenters. The average Bonchev–Trinajstić information content (AvgIpc) is 2.61. The Bertz CT molecular complexity index is 400. The Morgan fingerprint density at radius 1 is 0.786 bits per heavy atom. The van der Waals surface area contributed by atoms with Crippen LogP contribution in [0.15, 0.2) is 0 Å². The van der Waals surface area contributed by atoms with Gasteiger partial charge >= 0.3 is 7.82 Å². The van der Waals surface area contributed by atoms with Crippen molar-refractivity contribution in [3.63, 3.8) is 0 Å². The molecular weight excluding hydrogens is 371 g/mol. The third-order valence-corrected chi connectivity index (χ3v) is 6.74. The van der Waals surface area contributed by atoms with Gasteiger partial charge in [0.2, 0.25) is 0 Å². The molecule has 0 bridgehead atoms. The second kappa shape index (κ2) is 16.9. The summed E-state index contributed by atoms with van der Waals surface area (Å²) in [7, 11) is -3.91. The van der Waals surface area contributed by atoms with Crippen LogP contribution >= 0.6 is 7.82 Å². The third-order valence-electron chi connectivity index (χ3n) is 5.75. The molecule has 170 valence electrons. The lowest BCUT2D eigenvalue weighted by Crippen LogP contribution is -2.09. The molecule has 5 heteroatoms. The minimum Gasteiger partial charge on any atom is -0.302 e. The van der Waals surface area contributed by atoms with Gasteiger partial charge in [0.05, 0.1) is 13.2 Å². The van der Waals surface area contributed by atoms with Crippen LogP contribution < -0.4 is 0 Å². The molecule has 0 saturated carbocycles. The topological polar surface area (TPSA) is 55.8 Å². The maximum absolute atomic E-state index is 12.1. The monoisotopic (exact) mass is 420 g/mol. The molecule has 0 saturated heterocycles. The normalized spacial score (nSPS) is 17.4. The van der Waals surface area contributed by atoms with E-state index in [1.54, 1.807) is 0 Å². The first kappa shape index (κ1) is 28.1. The van der Waals surface area contributed by atoms with E-state index in [1.165, 1.54) is 32.1 Å². The van der Waals surface area contributed by atoms with Crippen LogP contribution in [-0.2, 0) is 13.6 Å². The molecule has 0 amide bonds. The summed E-state index contributed by atoms with van der Waals surface area (Å²) in [6.45, 7) is 14.0. The first-order chi connectivity index (χ1) is 13.2. The highest BCUT2D eigenvalue weighted by atomic mass is 31.2. The van der Waals surface area contributed by atoms with Crippen LogP contribution in [0, 0.1) is 23.7 Å². The Hall–Kier alpha value is 0.110. The standard InChI is InChI=1S/C23H49O4P/c1-7-9-16-23(8-2)19-27-28(24,25)26-18-17-22(6)15-11-14-21(5)13-10-12-20(3)4/h20-23H,7-19H2,1-6H3,(H,24,25). The quantitative estimate of drug-likeness (QED) is 0.215. The van der Waals surface area contributed by atoms with E-state index in [1.807, 2.05) is 0 Å². The molecule has 0 aliphatic rings. The molecular formula is C23H49O4P. The molecule has 0 aliphatic heterocycles.